The number of thioether (sulfide) groups is 1. The van der Waals surface area contributed by atoms with Gasteiger partial charge in [-0.3, -0.25) is 9.59 Å². The number of amides is 1. The van der Waals surface area contributed by atoms with E-state index in [1.165, 1.54) is 11.8 Å². The van der Waals surface area contributed by atoms with Crippen molar-refractivity contribution in [3.05, 3.63) is 58.6 Å². The van der Waals surface area contributed by atoms with Crippen LogP contribution < -0.4 is 14.8 Å². The Hall–Kier alpha value is -2.71. The topological polar surface area (TPSA) is 90.9 Å². The molecule has 1 N–H and O–H groups in total. The van der Waals surface area contributed by atoms with Crippen LogP contribution in [-0.2, 0) is 9.53 Å². The number of nitrogens with one attached hydrogen (secondary N) is 1. The molecule has 1 unspecified atom stereocenters. The van der Waals surface area contributed by atoms with Gasteiger partial charge < -0.3 is 19.5 Å². The van der Waals surface area contributed by atoms with E-state index in [1.54, 1.807) is 42.5 Å². The zero-order valence-corrected chi connectivity index (χ0v) is 18.5. The monoisotopic (exact) mass is 463 g/mol. The molecular formula is C22H22ClNO6S. The Labute approximate surface area is 189 Å². The molecule has 31 heavy (non-hydrogen) atoms. The van der Waals surface area contributed by atoms with Gasteiger partial charge in [-0.15, -0.1) is 0 Å². The highest BCUT2D eigenvalue weighted by Crippen LogP contribution is 2.30. The fourth-order valence-corrected chi connectivity index (χ4v) is 3.46. The molecule has 0 bridgehead atoms. The highest BCUT2D eigenvalue weighted by Gasteiger charge is 2.24. The number of halogens is 1. The van der Waals surface area contributed by atoms with Crippen molar-refractivity contribution in [2.45, 2.75) is 12.5 Å². The van der Waals surface area contributed by atoms with Crippen LogP contribution in [0.5, 0.6) is 11.5 Å². The van der Waals surface area contributed by atoms with Gasteiger partial charge in [0.15, 0.2) is 23.9 Å². The number of rotatable bonds is 9. The highest BCUT2D eigenvalue weighted by molar-refractivity contribution is 7.98. The zero-order valence-electron chi connectivity index (χ0n) is 16.9. The fourth-order valence-electron chi connectivity index (χ4n) is 2.86. The number of Topliss-reactive ketones (excluding diaryl/α,β-unsaturated/α-hetero) is 1. The van der Waals surface area contributed by atoms with Crippen molar-refractivity contribution in [2.75, 3.05) is 31.8 Å². The third kappa shape index (κ3) is 6.38. The van der Waals surface area contributed by atoms with Crippen molar-refractivity contribution < 1.29 is 28.6 Å². The van der Waals surface area contributed by atoms with Gasteiger partial charge in [0.05, 0.1) is 0 Å². The number of esters is 1. The van der Waals surface area contributed by atoms with E-state index in [4.69, 9.17) is 25.8 Å². The molecule has 0 fully saturated rings. The van der Waals surface area contributed by atoms with Crippen LogP contribution >= 0.6 is 23.4 Å². The number of ketones is 1. The van der Waals surface area contributed by atoms with Gasteiger partial charge in [0.25, 0.3) is 5.91 Å². The first-order valence-electron chi connectivity index (χ1n) is 9.63. The number of hydrogen-bond acceptors (Lipinski definition) is 7. The van der Waals surface area contributed by atoms with Gasteiger partial charge in [0.2, 0.25) is 0 Å². The molecule has 1 aliphatic rings. The molecule has 0 aliphatic carbocycles. The minimum Gasteiger partial charge on any atom is -0.486 e. The second-order valence-electron chi connectivity index (χ2n) is 6.70. The molecule has 2 aromatic carbocycles. The molecule has 0 aromatic heterocycles. The van der Waals surface area contributed by atoms with E-state index in [0.717, 1.165) is 0 Å². The Morgan fingerprint density at radius 3 is 2.45 bits per heavy atom. The van der Waals surface area contributed by atoms with E-state index in [2.05, 4.69) is 5.32 Å². The quantitative estimate of drug-likeness (QED) is 0.450. The molecule has 7 nitrogen and oxygen atoms in total. The third-order valence-corrected chi connectivity index (χ3v) is 5.41. The van der Waals surface area contributed by atoms with Crippen molar-refractivity contribution >= 4 is 41.0 Å². The van der Waals surface area contributed by atoms with Crippen LogP contribution in [0.3, 0.4) is 0 Å². The van der Waals surface area contributed by atoms with Crippen LogP contribution in [0.1, 0.15) is 27.1 Å². The Morgan fingerprint density at radius 1 is 1.06 bits per heavy atom. The number of ether oxygens (including phenoxy) is 3. The Balaban J connectivity index is 1.60. The van der Waals surface area contributed by atoms with Crippen LogP contribution in [0.25, 0.3) is 0 Å². The lowest BCUT2D eigenvalue weighted by atomic mass is 10.1. The van der Waals surface area contributed by atoms with E-state index in [-0.39, 0.29) is 5.78 Å². The smallest absolute Gasteiger partial charge is 0.329 e. The summed E-state index contributed by atoms with van der Waals surface area (Å²) in [4.78, 5) is 37.5. The van der Waals surface area contributed by atoms with E-state index >= 15 is 0 Å². The first-order valence-corrected chi connectivity index (χ1v) is 11.4. The summed E-state index contributed by atoms with van der Waals surface area (Å²) >= 11 is 7.38. The molecule has 0 radical (unpaired) electrons. The van der Waals surface area contributed by atoms with Crippen LogP contribution in [0.2, 0.25) is 5.02 Å². The number of hydrogen-bond donors (Lipinski definition) is 1. The Morgan fingerprint density at radius 2 is 1.74 bits per heavy atom. The fraction of sp³-hybridized carbons (Fsp3) is 0.318. The molecule has 0 saturated carbocycles. The Bertz CT molecular complexity index is 950. The maximum atomic E-state index is 12.6. The van der Waals surface area contributed by atoms with E-state index < -0.39 is 24.5 Å². The van der Waals surface area contributed by atoms with Gasteiger partial charge in [-0.25, -0.2) is 4.79 Å². The predicted octanol–water partition coefficient (Wildman–Crippen LogP) is 3.39. The molecule has 0 spiro atoms. The second kappa shape index (κ2) is 11.1. The SMILES string of the molecule is CSCCC(NC(=O)c1ccc(Cl)cc1)C(=O)OCC(=O)c1ccc2c(c1)OCCO2. The average Bonchev–Trinajstić information content (AvgIpc) is 2.79. The molecule has 164 valence electrons. The largest absolute Gasteiger partial charge is 0.486 e. The van der Waals surface area contributed by atoms with Gasteiger partial charge in [-0.1, -0.05) is 11.6 Å². The van der Waals surface area contributed by atoms with Crippen LogP contribution in [0.4, 0.5) is 0 Å². The molecule has 1 aliphatic heterocycles. The average molecular weight is 464 g/mol. The summed E-state index contributed by atoms with van der Waals surface area (Å²) in [6, 6.07) is 10.3. The lowest BCUT2D eigenvalue weighted by Gasteiger charge is -2.19. The van der Waals surface area contributed by atoms with Crippen molar-refractivity contribution in [1.82, 2.24) is 5.32 Å². The third-order valence-electron chi connectivity index (χ3n) is 4.52. The van der Waals surface area contributed by atoms with Crippen molar-refractivity contribution in [1.29, 1.82) is 0 Å². The predicted molar refractivity (Wildman–Crippen MR) is 118 cm³/mol. The summed E-state index contributed by atoms with van der Waals surface area (Å²) in [5, 5.41) is 3.18. The number of carbonyl (C=O) groups excluding carboxylic acids is 3. The molecule has 0 saturated heterocycles. The minimum absolute atomic E-state index is 0.350. The molecule has 1 heterocycles. The van der Waals surface area contributed by atoms with Crippen molar-refractivity contribution in [2.24, 2.45) is 0 Å². The summed E-state index contributed by atoms with van der Waals surface area (Å²) in [5.41, 5.74) is 0.724. The van der Waals surface area contributed by atoms with E-state index in [0.29, 0.717) is 53.0 Å². The highest BCUT2D eigenvalue weighted by atomic mass is 35.5. The second-order valence-corrected chi connectivity index (χ2v) is 8.13. The van der Waals surface area contributed by atoms with Gasteiger partial charge in [0, 0.05) is 16.1 Å². The van der Waals surface area contributed by atoms with Crippen LogP contribution in [0, 0.1) is 0 Å². The summed E-state index contributed by atoms with van der Waals surface area (Å²) in [6.07, 6.45) is 2.27. The standard InChI is InChI=1S/C22H22ClNO6S/c1-31-11-8-17(24-21(26)14-2-5-16(23)6-3-14)22(27)30-13-18(25)15-4-7-19-20(12-15)29-10-9-28-19/h2-7,12,17H,8-11,13H2,1H3,(H,24,26). The summed E-state index contributed by atoms with van der Waals surface area (Å²) < 4.78 is 16.1. The Kier molecular flexibility index (Phi) is 8.20. The minimum atomic E-state index is -0.872. The van der Waals surface area contributed by atoms with Crippen LogP contribution in [0.15, 0.2) is 42.5 Å². The molecular weight excluding hydrogens is 442 g/mol. The number of carbonyl (C=O) groups is 3. The first kappa shape index (κ1) is 23.0. The molecule has 9 heteroatoms. The molecule has 1 amide bonds. The maximum absolute atomic E-state index is 12.6. The van der Waals surface area contributed by atoms with Gasteiger partial charge in [-0.2, -0.15) is 11.8 Å². The van der Waals surface area contributed by atoms with Crippen molar-refractivity contribution in [3.63, 3.8) is 0 Å². The van der Waals surface area contributed by atoms with E-state index in [1.807, 2.05) is 6.26 Å². The maximum Gasteiger partial charge on any atom is 0.329 e. The first-order chi connectivity index (χ1) is 15.0. The van der Waals surface area contributed by atoms with Gasteiger partial charge in [0.1, 0.15) is 19.3 Å². The summed E-state index contributed by atoms with van der Waals surface area (Å²) in [6.45, 7) is 0.423. The molecule has 3 rings (SSSR count). The lowest BCUT2D eigenvalue weighted by Crippen LogP contribution is -2.42. The molecule has 2 aromatic rings. The normalized spacial score (nSPS) is 13.2. The van der Waals surface area contributed by atoms with Crippen LogP contribution in [-0.4, -0.2) is 55.5 Å². The van der Waals surface area contributed by atoms with Gasteiger partial charge in [-0.05, 0) is 60.9 Å². The summed E-state index contributed by atoms with van der Waals surface area (Å²) in [7, 11) is 0. The summed E-state index contributed by atoms with van der Waals surface area (Å²) in [5.74, 6) is 0.230. The zero-order chi connectivity index (χ0) is 22.2. The number of benzene rings is 2. The number of fused-ring (bicyclic) bond motifs is 1. The van der Waals surface area contributed by atoms with E-state index in [9.17, 15) is 14.4 Å². The van der Waals surface area contributed by atoms with Gasteiger partial charge >= 0.3 is 5.97 Å². The molecule has 1 atom stereocenters. The lowest BCUT2D eigenvalue weighted by molar-refractivity contribution is -0.144. The van der Waals surface area contributed by atoms with Crippen molar-refractivity contribution in [3.8, 4) is 11.5 Å².